The van der Waals surface area contributed by atoms with Crippen molar-refractivity contribution < 1.29 is 18.3 Å². The fraction of sp³-hybridized carbons (Fsp3) is 0.500. The van der Waals surface area contributed by atoms with Crippen LogP contribution in [0.2, 0.25) is 19.6 Å². The van der Waals surface area contributed by atoms with E-state index in [0.29, 0.717) is 0 Å². The molecule has 0 bridgehead atoms. The van der Waals surface area contributed by atoms with E-state index >= 15 is 0 Å². The molecule has 1 nitrogen and oxygen atoms in total. The van der Waals surface area contributed by atoms with Crippen LogP contribution in [0.4, 0.5) is 13.2 Å². The third kappa shape index (κ3) is 3.57. The second-order valence-corrected chi connectivity index (χ2v) is 10.6. The topological polar surface area (TPSA) is 20.2 Å². The van der Waals surface area contributed by atoms with Gasteiger partial charge in [-0.05, 0) is 17.7 Å². The highest BCUT2D eigenvalue weighted by molar-refractivity contribution is 6.77. The van der Waals surface area contributed by atoms with Crippen LogP contribution in [0.3, 0.4) is 0 Å². The summed E-state index contributed by atoms with van der Waals surface area (Å²) in [4.78, 5) is 0. The van der Waals surface area contributed by atoms with Crippen molar-refractivity contribution >= 4 is 8.07 Å². The van der Waals surface area contributed by atoms with E-state index in [1.165, 1.54) is 12.1 Å². The van der Waals surface area contributed by atoms with E-state index in [-0.39, 0.29) is 12.1 Å². The van der Waals surface area contributed by atoms with Gasteiger partial charge in [0.05, 0.1) is 13.6 Å². The quantitative estimate of drug-likeness (QED) is 0.824. The van der Waals surface area contributed by atoms with Crippen molar-refractivity contribution in [2.45, 2.75) is 31.4 Å². The zero-order chi connectivity index (χ0) is 13.3. The maximum atomic E-state index is 12.4. The predicted molar refractivity (Wildman–Crippen MR) is 64.6 cm³/mol. The summed E-state index contributed by atoms with van der Waals surface area (Å²) in [6.07, 6.45) is -4.30. The van der Waals surface area contributed by atoms with Gasteiger partial charge in [0.2, 0.25) is 0 Å². The average Bonchev–Trinajstić information content (AvgIpc) is 2.16. The van der Waals surface area contributed by atoms with E-state index in [9.17, 15) is 18.3 Å². The first kappa shape index (κ1) is 14.2. The molecular formula is C12H17F3OSi. The molecule has 1 atom stereocenters. The second-order valence-electron chi connectivity index (χ2n) is 5.22. The molecule has 1 unspecified atom stereocenters. The number of aliphatic hydroxyl groups excluding tert-OH is 1. The molecule has 1 aromatic rings. The van der Waals surface area contributed by atoms with Crippen LogP contribution in [-0.4, -0.2) is 19.8 Å². The van der Waals surface area contributed by atoms with Crippen LogP contribution in [0.15, 0.2) is 24.3 Å². The van der Waals surface area contributed by atoms with Crippen molar-refractivity contribution in [1.29, 1.82) is 0 Å². The van der Waals surface area contributed by atoms with Gasteiger partial charge in [-0.1, -0.05) is 31.8 Å². The Labute approximate surface area is 100 Å². The van der Waals surface area contributed by atoms with E-state index < -0.39 is 19.8 Å². The summed E-state index contributed by atoms with van der Waals surface area (Å²) in [6.45, 7) is 6.25. The summed E-state index contributed by atoms with van der Waals surface area (Å²) >= 11 is 0. The van der Waals surface area contributed by atoms with Crippen LogP contribution in [0.1, 0.15) is 16.7 Å². The summed E-state index contributed by atoms with van der Waals surface area (Å²) in [5.74, 6) is 0. The standard InChI is InChI=1S/C12H17F3OSi/c1-17(2,3)11(8-16)9-4-6-10(7-5-9)12(13,14)15/h4-7,11,16H,8H2,1-3H3. The highest BCUT2D eigenvalue weighted by Crippen LogP contribution is 2.32. The molecule has 1 aromatic carbocycles. The third-order valence-corrected chi connectivity index (χ3v) is 5.48. The first-order valence-corrected chi connectivity index (χ1v) is 9.02. The lowest BCUT2D eigenvalue weighted by Gasteiger charge is -2.27. The van der Waals surface area contributed by atoms with E-state index in [2.05, 4.69) is 19.6 Å². The summed E-state index contributed by atoms with van der Waals surface area (Å²) in [6, 6.07) is 5.11. The zero-order valence-electron chi connectivity index (χ0n) is 10.2. The number of rotatable bonds is 3. The Hall–Kier alpha value is -0.813. The monoisotopic (exact) mass is 262 g/mol. The van der Waals surface area contributed by atoms with Gasteiger partial charge >= 0.3 is 6.18 Å². The molecule has 0 aromatic heterocycles. The molecule has 0 heterocycles. The SMILES string of the molecule is C[Si](C)(C)C(CO)c1ccc(C(F)(F)F)cc1. The molecule has 5 heteroatoms. The van der Waals surface area contributed by atoms with Crippen molar-refractivity contribution in [3.05, 3.63) is 35.4 Å². The number of aliphatic hydroxyl groups is 1. The Morgan fingerprint density at radius 3 is 1.88 bits per heavy atom. The van der Waals surface area contributed by atoms with Crippen molar-refractivity contribution in [3.63, 3.8) is 0 Å². The van der Waals surface area contributed by atoms with E-state index in [4.69, 9.17) is 0 Å². The largest absolute Gasteiger partial charge is 0.416 e. The lowest BCUT2D eigenvalue weighted by Crippen LogP contribution is -2.33. The number of halogens is 3. The van der Waals surface area contributed by atoms with Crippen molar-refractivity contribution in [2.75, 3.05) is 6.61 Å². The summed E-state index contributed by atoms with van der Waals surface area (Å²) in [5, 5.41) is 9.36. The first-order chi connectivity index (χ1) is 7.66. The minimum Gasteiger partial charge on any atom is -0.396 e. The Bertz CT molecular complexity index is 365. The van der Waals surface area contributed by atoms with Gasteiger partial charge in [-0.2, -0.15) is 13.2 Å². The van der Waals surface area contributed by atoms with Gasteiger partial charge in [-0.15, -0.1) is 0 Å². The number of hydrogen-bond acceptors (Lipinski definition) is 1. The number of benzene rings is 1. The molecule has 0 amide bonds. The van der Waals surface area contributed by atoms with Gasteiger partial charge < -0.3 is 5.11 Å². The van der Waals surface area contributed by atoms with Gasteiger partial charge in [-0.25, -0.2) is 0 Å². The maximum Gasteiger partial charge on any atom is 0.416 e. The summed E-state index contributed by atoms with van der Waals surface area (Å²) in [5.41, 5.74) is 0.123. The molecule has 0 aliphatic heterocycles. The van der Waals surface area contributed by atoms with Crippen LogP contribution >= 0.6 is 0 Å². The summed E-state index contributed by atoms with van der Waals surface area (Å²) < 4.78 is 37.2. The molecule has 1 N–H and O–H groups in total. The number of alkyl halides is 3. The molecule has 0 radical (unpaired) electrons. The Balaban J connectivity index is 3.02. The van der Waals surface area contributed by atoms with Crippen LogP contribution in [-0.2, 0) is 6.18 Å². The van der Waals surface area contributed by atoms with Gasteiger partial charge in [0.1, 0.15) is 0 Å². The van der Waals surface area contributed by atoms with E-state index in [1.807, 2.05) is 0 Å². The Morgan fingerprint density at radius 1 is 1.12 bits per heavy atom. The van der Waals surface area contributed by atoms with Gasteiger partial charge in [-0.3, -0.25) is 0 Å². The van der Waals surface area contributed by atoms with Crippen LogP contribution in [0, 0.1) is 0 Å². The van der Waals surface area contributed by atoms with Gasteiger partial charge in [0, 0.05) is 12.1 Å². The smallest absolute Gasteiger partial charge is 0.396 e. The Kier molecular flexibility index (Phi) is 4.04. The highest BCUT2D eigenvalue weighted by atomic mass is 28.3. The Morgan fingerprint density at radius 2 is 1.59 bits per heavy atom. The zero-order valence-corrected chi connectivity index (χ0v) is 11.2. The first-order valence-electron chi connectivity index (χ1n) is 5.44. The van der Waals surface area contributed by atoms with Crippen LogP contribution in [0.25, 0.3) is 0 Å². The number of hydrogen-bond donors (Lipinski definition) is 1. The average molecular weight is 262 g/mol. The fourth-order valence-electron chi connectivity index (χ4n) is 1.78. The minimum atomic E-state index is -4.30. The van der Waals surface area contributed by atoms with Crippen molar-refractivity contribution in [1.82, 2.24) is 0 Å². The molecule has 17 heavy (non-hydrogen) atoms. The molecule has 1 rings (SSSR count). The molecule has 0 fully saturated rings. The van der Waals surface area contributed by atoms with Gasteiger partial charge in [0.15, 0.2) is 0 Å². The molecule has 96 valence electrons. The normalized spacial score (nSPS) is 14.8. The minimum absolute atomic E-state index is 0.0128. The molecule has 0 aliphatic carbocycles. The van der Waals surface area contributed by atoms with Crippen LogP contribution in [0.5, 0.6) is 0 Å². The fourth-order valence-corrected chi connectivity index (χ4v) is 3.52. The maximum absolute atomic E-state index is 12.4. The van der Waals surface area contributed by atoms with E-state index in [1.54, 1.807) is 0 Å². The third-order valence-electron chi connectivity index (χ3n) is 2.87. The molecule has 0 saturated heterocycles. The molecule has 0 aliphatic rings. The molecule has 0 saturated carbocycles. The van der Waals surface area contributed by atoms with Crippen LogP contribution < -0.4 is 0 Å². The molecule has 0 spiro atoms. The van der Waals surface area contributed by atoms with Gasteiger partial charge in [0.25, 0.3) is 0 Å². The highest BCUT2D eigenvalue weighted by Gasteiger charge is 2.32. The van der Waals surface area contributed by atoms with E-state index in [0.717, 1.165) is 17.7 Å². The summed E-state index contributed by atoms with van der Waals surface area (Å²) in [7, 11) is -1.62. The van der Waals surface area contributed by atoms with Crippen molar-refractivity contribution in [3.8, 4) is 0 Å². The predicted octanol–water partition coefficient (Wildman–Crippen LogP) is 3.66. The molecular weight excluding hydrogens is 245 g/mol. The lowest BCUT2D eigenvalue weighted by molar-refractivity contribution is -0.137. The second kappa shape index (κ2) is 4.82. The lowest BCUT2D eigenvalue weighted by atomic mass is 10.1. The van der Waals surface area contributed by atoms with Crippen molar-refractivity contribution in [2.24, 2.45) is 0 Å².